The smallest absolute Gasteiger partial charge is 0.315 e. The van der Waals surface area contributed by atoms with Crippen LogP contribution in [-0.2, 0) is 27.5 Å². The lowest BCUT2D eigenvalue weighted by atomic mass is 10.1. The van der Waals surface area contributed by atoms with E-state index in [4.69, 9.17) is 14.2 Å². The number of amides is 2. The molecular formula is C31H29N3O6. The van der Waals surface area contributed by atoms with Gasteiger partial charge in [0.1, 0.15) is 37.0 Å². The summed E-state index contributed by atoms with van der Waals surface area (Å²) in [6.45, 7) is 2.52. The first-order chi connectivity index (χ1) is 19.5. The molecule has 1 aromatic heterocycles. The summed E-state index contributed by atoms with van der Waals surface area (Å²) in [4.78, 5) is 40.7. The molecule has 0 aliphatic rings. The SMILES string of the molecule is CCOC(=O)CC(=O)Nc1ccc(NC(=O)c2cc(OCc3ccccc3)cc(OCc3ccccc3)c2)nc1. The number of aromatic nitrogens is 1. The fraction of sp³-hybridized carbons (Fsp3) is 0.161. The van der Waals surface area contributed by atoms with Crippen LogP contribution in [0.15, 0.2) is 97.2 Å². The minimum atomic E-state index is -0.612. The van der Waals surface area contributed by atoms with Crippen molar-refractivity contribution >= 4 is 29.3 Å². The number of anilines is 2. The Labute approximate surface area is 232 Å². The number of ether oxygens (including phenoxy) is 3. The summed E-state index contributed by atoms with van der Waals surface area (Å²) in [6.07, 6.45) is 0.982. The Morgan fingerprint density at radius 2 is 1.35 bits per heavy atom. The van der Waals surface area contributed by atoms with Gasteiger partial charge in [-0.2, -0.15) is 0 Å². The van der Waals surface area contributed by atoms with Crippen LogP contribution < -0.4 is 20.1 Å². The summed E-state index contributed by atoms with van der Waals surface area (Å²) in [7, 11) is 0. The molecule has 40 heavy (non-hydrogen) atoms. The van der Waals surface area contributed by atoms with Gasteiger partial charge in [0.05, 0.1) is 18.5 Å². The predicted octanol–water partition coefficient (Wildman–Crippen LogP) is 5.38. The Hall–Kier alpha value is -5.18. The van der Waals surface area contributed by atoms with Crippen molar-refractivity contribution in [3.8, 4) is 11.5 Å². The van der Waals surface area contributed by atoms with Gasteiger partial charge in [0.2, 0.25) is 5.91 Å². The normalized spacial score (nSPS) is 10.3. The molecule has 2 amide bonds. The van der Waals surface area contributed by atoms with Crippen molar-refractivity contribution in [2.45, 2.75) is 26.6 Å². The molecule has 0 bridgehead atoms. The molecule has 0 unspecified atom stereocenters. The number of carbonyl (C=O) groups is 3. The molecular weight excluding hydrogens is 510 g/mol. The summed E-state index contributed by atoms with van der Waals surface area (Å²) in [6, 6.07) is 27.5. The van der Waals surface area contributed by atoms with Crippen LogP contribution in [0.5, 0.6) is 11.5 Å². The largest absolute Gasteiger partial charge is 0.489 e. The Morgan fingerprint density at radius 1 is 0.750 bits per heavy atom. The summed E-state index contributed by atoms with van der Waals surface area (Å²) < 4.78 is 16.7. The van der Waals surface area contributed by atoms with Gasteiger partial charge < -0.3 is 24.8 Å². The minimum absolute atomic E-state index is 0.199. The molecule has 4 rings (SSSR count). The number of benzene rings is 3. The molecule has 0 aliphatic heterocycles. The monoisotopic (exact) mass is 539 g/mol. The van der Waals surface area contributed by atoms with Crippen molar-refractivity contribution in [1.29, 1.82) is 0 Å². The first-order valence-corrected chi connectivity index (χ1v) is 12.7. The van der Waals surface area contributed by atoms with E-state index in [0.717, 1.165) is 11.1 Å². The second-order valence-electron chi connectivity index (χ2n) is 8.66. The van der Waals surface area contributed by atoms with Crippen LogP contribution in [-0.4, -0.2) is 29.4 Å². The zero-order chi connectivity index (χ0) is 28.2. The van der Waals surface area contributed by atoms with Gasteiger partial charge in [-0.05, 0) is 42.3 Å². The van der Waals surface area contributed by atoms with E-state index in [-0.39, 0.29) is 12.4 Å². The first-order valence-electron chi connectivity index (χ1n) is 12.7. The van der Waals surface area contributed by atoms with Gasteiger partial charge in [-0.15, -0.1) is 0 Å². The second-order valence-corrected chi connectivity index (χ2v) is 8.66. The highest BCUT2D eigenvalue weighted by molar-refractivity contribution is 6.04. The third kappa shape index (κ3) is 8.70. The van der Waals surface area contributed by atoms with Gasteiger partial charge in [-0.1, -0.05) is 60.7 Å². The van der Waals surface area contributed by atoms with E-state index in [2.05, 4.69) is 15.6 Å². The zero-order valence-electron chi connectivity index (χ0n) is 22.0. The van der Waals surface area contributed by atoms with E-state index in [9.17, 15) is 14.4 Å². The fourth-order valence-corrected chi connectivity index (χ4v) is 3.63. The average molecular weight is 540 g/mol. The summed E-state index contributed by atoms with van der Waals surface area (Å²) in [5, 5.41) is 5.31. The number of rotatable bonds is 12. The first kappa shape index (κ1) is 27.8. The Morgan fingerprint density at radius 3 is 1.88 bits per heavy atom. The van der Waals surface area contributed by atoms with Crippen molar-refractivity contribution in [2.75, 3.05) is 17.2 Å². The molecule has 9 heteroatoms. The molecule has 0 fully saturated rings. The Balaban J connectivity index is 1.44. The molecule has 0 radical (unpaired) electrons. The van der Waals surface area contributed by atoms with Crippen LogP contribution in [0.3, 0.4) is 0 Å². The van der Waals surface area contributed by atoms with Crippen molar-refractivity contribution in [3.05, 3.63) is 114 Å². The number of hydrogen-bond acceptors (Lipinski definition) is 7. The fourth-order valence-electron chi connectivity index (χ4n) is 3.63. The van der Waals surface area contributed by atoms with Gasteiger partial charge in [-0.3, -0.25) is 14.4 Å². The standard InChI is InChI=1S/C31H29N3O6/c1-2-38-30(36)18-29(35)33-25-13-14-28(32-19-25)34-31(37)24-15-26(39-20-22-9-5-3-6-10-22)17-27(16-24)40-21-23-11-7-4-8-12-23/h3-17,19H,2,18,20-21H2,1H3,(H,33,35)(H,32,34,37). The maximum Gasteiger partial charge on any atom is 0.315 e. The molecule has 0 saturated heterocycles. The van der Waals surface area contributed by atoms with E-state index in [1.54, 1.807) is 37.3 Å². The molecule has 2 N–H and O–H groups in total. The third-order valence-corrected chi connectivity index (χ3v) is 5.54. The highest BCUT2D eigenvalue weighted by Crippen LogP contribution is 2.26. The van der Waals surface area contributed by atoms with E-state index >= 15 is 0 Å². The van der Waals surface area contributed by atoms with Gasteiger partial charge in [-0.25, -0.2) is 4.98 Å². The number of nitrogens with one attached hydrogen (secondary N) is 2. The number of carbonyl (C=O) groups excluding carboxylic acids is 3. The molecule has 0 saturated carbocycles. The van der Waals surface area contributed by atoms with Crippen LogP contribution in [0.1, 0.15) is 34.8 Å². The topological polar surface area (TPSA) is 116 Å². The summed E-state index contributed by atoms with van der Waals surface area (Å²) in [5.74, 6) is -0.317. The van der Waals surface area contributed by atoms with Crippen molar-refractivity contribution in [1.82, 2.24) is 4.98 Å². The quantitative estimate of drug-likeness (QED) is 0.183. The van der Waals surface area contributed by atoms with Crippen LogP contribution in [0.2, 0.25) is 0 Å². The molecule has 4 aromatic rings. The molecule has 0 atom stereocenters. The highest BCUT2D eigenvalue weighted by Gasteiger charge is 2.14. The van der Waals surface area contributed by atoms with Gasteiger partial charge in [0.15, 0.2) is 0 Å². The highest BCUT2D eigenvalue weighted by atomic mass is 16.5. The molecule has 1 heterocycles. The minimum Gasteiger partial charge on any atom is -0.489 e. The number of nitrogens with zero attached hydrogens (tertiary/aromatic N) is 1. The van der Waals surface area contributed by atoms with E-state index < -0.39 is 24.2 Å². The molecule has 204 valence electrons. The van der Waals surface area contributed by atoms with Gasteiger partial charge in [0, 0.05) is 11.6 Å². The molecule has 9 nitrogen and oxygen atoms in total. The van der Waals surface area contributed by atoms with E-state index in [1.165, 1.54) is 6.20 Å². The summed E-state index contributed by atoms with van der Waals surface area (Å²) in [5.41, 5.74) is 2.67. The lowest BCUT2D eigenvalue weighted by Crippen LogP contribution is -2.18. The van der Waals surface area contributed by atoms with Gasteiger partial charge in [0.25, 0.3) is 5.91 Å². The van der Waals surface area contributed by atoms with Crippen LogP contribution in [0.4, 0.5) is 11.5 Å². The van der Waals surface area contributed by atoms with E-state index in [1.807, 2.05) is 60.7 Å². The van der Waals surface area contributed by atoms with Crippen LogP contribution >= 0.6 is 0 Å². The molecule has 0 aliphatic carbocycles. The number of esters is 1. The average Bonchev–Trinajstić information content (AvgIpc) is 2.97. The van der Waals surface area contributed by atoms with E-state index in [0.29, 0.717) is 36.0 Å². The van der Waals surface area contributed by atoms with Crippen molar-refractivity contribution in [3.63, 3.8) is 0 Å². The molecule has 3 aromatic carbocycles. The van der Waals surface area contributed by atoms with Crippen molar-refractivity contribution in [2.24, 2.45) is 0 Å². The predicted molar refractivity (Wildman–Crippen MR) is 150 cm³/mol. The Bertz CT molecular complexity index is 1370. The van der Waals surface area contributed by atoms with Gasteiger partial charge >= 0.3 is 5.97 Å². The maximum atomic E-state index is 13.1. The Kier molecular flexibility index (Phi) is 9.82. The van der Waals surface area contributed by atoms with Crippen LogP contribution in [0, 0.1) is 0 Å². The number of pyridine rings is 1. The summed E-state index contributed by atoms with van der Waals surface area (Å²) >= 11 is 0. The zero-order valence-corrected chi connectivity index (χ0v) is 22.0. The molecule has 0 spiro atoms. The lowest BCUT2D eigenvalue weighted by molar-refractivity contribution is -0.145. The van der Waals surface area contributed by atoms with Crippen LogP contribution in [0.25, 0.3) is 0 Å². The lowest BCUT2D eigenvalue weighted by Gasteiger charge is -2.13. The van der Waals surface area contributed by atoms with Crippen molar-refractivity contribution < 1.29 is 28.6 Å². The third-order valence-electron chi connectivity index (χ3n) is 5.54. The second kappa shape index (κ2) is 14.1. The number of hydrogen-bond donors (Lipinski definition) is 2. The maximum absolute atomic E-state index is 13.1.